The summed E-state index contributed by atoms with van der Waals surface area (Å²) in [6.45, 7) is 0. The van der Waals surface area contributed by atoms with Gasteiger partial charge in [-0.2, -0.15) is 27.5 Å². The standard InChI is InChI=1S/C12H11F4N5O/c1-21(2)11-17-4-6(5-18-11)9-19-8(13)7(12(14,15)16)10(20-9)22-3/h4-5H,1-3H3. The lowest BCUT2D eigenvalue weighted by atomic mass is 10.2. The van der Waals surface area contributed by atoms with E-state index in [4.69, 9.17) is 0 Å². The van der Waals surface area contributed by atoms with Crippen molar-refractivity contribution in [2.24, 2.45) is 0 Å². The van der Waals surface area contributed by atoms with Gasteiger partial charge in [0, 0.05) is 26.5 Å². The van der Waals surface area contributed by atoms with Crippen molar-refractivity contribution in [1.29, 1.82) is 0 Å². The Kier molecular flexibility index (Phi) is 4.11. The molecule has 0 amide bonds. The molecule has 0 saturated heterocycles. The summed E-state index contributed by atoms with van der Waals surface area (Å²) in [5.41, 5.74) is -1.49. The zero-order valence-electron chi connectivity index (χ0n) is 11.8. The predicted molar refractivity (Wildman–Crippen MR) is 68.9 cm³/mol. The van der Waals surface area contributed by atoms with Gasteiger partial charge in [0.15, 0.2) is 11.4 Å². The van der Waals surface area contributed by atoms with Crippen molar-refractivity contribution in [2.75, 3.05) is 26.1 Å². The summed E-state index contributed by atoms with van der Waals surface area (Å²) in [5, 5.41) is 0. The van der Waals surface area contributed by atoms with Crippen LogP contribution < -0.4 is 9.64 Å². The monoisotopic (exact) mass is 317 g/mol. The SMILES string of the molecule is COc1nc(-c2cnc(N(C)C)nc2)nc(F)c1C(F)(F)F. The van der Waals surface area contributed by atoms with Crippen molar-refractivity contribution in [2.45, 2.75) is 6.18 Å². The highest BCUT2D eigenvalue weighted by Crippen LogP contribution is 2.37. The lowest BCUT2D eigenvalue weighted by Gasteiger charge is -2.13. The second kappa shape index (κ2) is 5.70. The van der Waals surface area contributed by atoms with Gasteiger partial charge in [0.25, 0.3) is 0 Å². The zero-order valence-corrected chi connectivity index (χ0v) is 11.8. The van der Waals surface area contributed by atoms with E-state index in [2.05, 4.69) is 24.7 Å². The van der Waals surface area contributed by atoms with Crippen molar-refractivity contribution in [3.05, 3.63) is 23.9 Å². The average molecular weight is 317 g/mol. The van der Waals surface area contributed by atoms with Crippen LogP contribution in [-0.2, 0) is 6.18 Å². The van der Waals surface area contributed by atoms with Crippen LogP contribution in [0.2, 0.25) is 0 Å². The van der Waals surface area contributed by atoms with Crippen LogP contribution in [0.15, 0.2) is 12.4 Å². The van der Waals surface area contributed by atoms with E-state index in [9.17, 15) is 17.6 Å². The van der Waals surface area contributed by atoms with E-state index < -0.39 is 23.6 Å². The van der Waals surface area contributed by atoms with Crippen LogP contribution in [0, 0.1) is 5.95 Å². The van der Waals surface area contributed by atoms with E-state index in [1.165, 1.54) is 12.4 Å². The molecule has 0 aromatic carbocycles. The number of alkyl halides is 3. The average Bonchev–Trinajstić information content (AvgIpc) is 2.45. The lowest BCUT2D eigenvalue weighted by Crippen LogP contribution is -2.15. The number of halogens is 4. The third-order valence-electron chi connectivity index (χ3n) is 2.60. The number of nitrogens with zero attached hydrogens (tertiary/aromatic N) is 5. The van der Waals surface area contributed by atoms with E-state index in [-0.39, 0.29) is 11.4 Å². The number of hydrogen-bond donors (Lipinski definition) is 0. The maximum Gasteiger partial charge on any atom is 0.426 e. The lowest BCUT2D eigenvalue weighted by molar-refractivity contribution is -0.142. The van der Waals surface area contributed by atoms with Crippen LogP contribution >= 0.6 is 0 Å². The Balaban J connectivity index is 2.51. The smallest absolute Gasteiger partial charge is 0.426 e. The first-order chi connectivity index (χ1) is 10.2. The molecule has 2 aromatic heterocycles. The molecule has 0 aliphatic rings. The van der Waals surface area contributed by atoms with Gasteiger partial charge in [-0.05, 0) is 0 Å². The van der Waals surface area contributed by atoms with E-state index in [1.54, 1.807) is 19.0 Å². The summed E-state index contributed by atoms with van der Waals surface area (Å²) >= 11 is 0. The summed E-state index contributed by atoms with van der Waals surface area (Å²) in [6.07, 6.45) is -2.40. The van der Waals surface area contributed by atoms with Gasteiger partial charge in [0.05, 0.1) is 12.7 Å². The molecule has 2 aromatic rings. The summed E-state index contributed by atoms with van der Waals surface area (Å²) < 4.78 is 56.4. The molecule has 0 bridgehead atoms. The van der Waals surface area contributed by atoms with Gasteiger partial charge in [-0.25, -0.2) is 9.97 Å². The molecule has 118 valence electrons. The second-order valence-corrected chi connectivity index (χ2v) is 4.39. The maximum absolute atomic E-state index is 13.7. The highest BCUT2D eigenvalue weighted by atomic mass is 19.4. The highest BCUT2D eigenvalue weighted by molar-refractivity contribution is 5.54. The van der Waals surface area contributed by atoms with Crippen LogP contribution in [0.1, 0.15) is 5.56 Å². The van der Waals surface area contributed by atoms with Crippen molar-refractivity contribution >= 4 is 5.95 Å². The molecule has 0 unspecified atom stereocenters. The van der Waals surface area contributed by atoms with E-state index >= 15 is 0 Å². The molecule has 6 nitrogen and oxygen atoms in total. The number of anilines is 1. The molecule has 0 aliphatic heterocycles. The first-order valence-corrected chi connectivity index (χ1v) is 5.92. The highest BCUT2D eigenvalue weighted by Gasteiger charge is 2.40. The van der Waals surface area contributed by atoms with Crippen LogP contribution in [0.4, 0.5) is 23.5 Å². The Bertz CT molecular complexity index is 672. The normalized spacial score (nSPS) is 11.4. The van der Waals surface area contributed by atoms with Gasteiger partial charge < -0.3 is 9.64 Å². The Labute approximate surface area is 122 Å². The molecular weight excluding hydrogens is 306 g/mol. The Hall–Kier alpha value is -2.52. The topological polar surface area (TPSA) is 64.0 Å². The van der Waals surface area contributed by atoms with Gasteiger partial charge in [0.2, 0.25) is 17.8 Å². The van der Waals surface area contributed by atoms with Crippen molar-refractivity contribution in [3.8, 4) is 17.3 Å². The first kappa shape index (κ1) is 15.9. The molecule has 2 heterocycles. The molecule has 0 radical (unpaired) electrons. The Morgan fingerprint density at radius 2 is 1.68 bits per heavy atom. The van der Waals surface area contributed by atoms with E-state index in [0.29, 0.717) is 5.95 Å². The summed E-state index contributed by atoms with van der Waals surface area (Å²) in [4.78, 5) is 16.3. The quantitative estimate of drug-likeness (QED) is 0.638. The van der Waals surface area contributed by atoms with Gasteiger partial charge in [-0.1, -0.05) is 0 Å². The van der Waals surface area contributed by atoms with Gasteiger partial charge in [0.1, 0.15) is 0 Å². The van der Waals surface area contributed by atoms with Crippen molar-refractivity contribution < 1.29 is 22.3 Å². The largest absolute Gasteiger partial charge is 0.480 e. The van der Waals surface area contributed by atoms with E-state index in [0.717, 1.165) is 7.11 Å². The van der Waals surface area contributed by atoms with Crippen LogP contribution in [0.25, 0.3) is 11.4 Å². The van der Waals surface area contributed by atoms with Crippen LogP contribution in [0.5, 0.6) is 5.88 Å². The molecule has 10 heteroatoms. The summed E-state index contributed by atoms with van der Waals surface area (Å²) in [5.74, 6) is -2.53. The number of aromatic nitrogens is 4. The van der Waals surface area contributed by atoms with E-state index in [1.807, 2.05) is 0 Å². The first-order valence-electron chi connectivity index (χ1n) is 5.92. The minimum Gasteiger partial charge on any atom is -0.480 e. The fraction of sp³-hybridized carbons (Fsp3) is 0.333. The molecule has 0 fully saturated rings. The minimum atomic E-state index is -4.96. The Morgan fingerprint density at radius 3 is 2.14 bits per heavy atom. The van der Waals surface area contributed by atoms with Gasteiger partial charge in [-0.3, -0.25) is 0 Å². The maximum atomic E-state index is 13.7. The van der Waals surface area contributed by atoms with Crippen LogP contribution in [0.3, 0.4) is 0 Å². The molecule has 0 atom stereocenters. The number of rotatable bonds is 3. The second-order valence-electron chi connectivity index (χ2n) is 4.39. The molecule has 0 saturated carbocycles. The Morgan fingerprint density at radius 1 is 1.09 bits per heavy atom. The fourth-order valence-electron chi connectivity index (χ4n) is 1.60. The van der Waals surface area contributed by atoms with Gasteiger partial charge in [-0.15, -0.1) is 0 Å². The minimum absolute atomic E-state index is 0.163. The zero-order chi connectivity index (χ0) is 16.5. The molecular formula is C12H11F4N5O. The third-order valence-corrected chi connectivity index (χ3v) is 2.60. The van der Waals surface area contributed by atoms with Gasteiger partial charge >= 0.3 is 6.18 Å². The molecule has 22 heavy (non-hydrogen) atoms. The molecule has 0 aliphatic carbocycles. The fourth-order valence-corrected chi connectivity index (χ4v) is 1.60. The third kappa shape index (κ3) is 3.05. The van der Waals surface area contributed by atoms with Crippen LogP contribution in [-0.4, -0.2) is 41.1 Å². The number of hydrogen-bond acceptors (Lipinski definition) is 6. The molecule has 0 spiro atoms. The summed E-state index contributed by atoms with van der Waals surface area (Å²) in [6, 6.07) is 0. The van der Waals surface area contributed by atoms with Crippen molar-refractivity contribution in [1.82, 2.24) is 19.9 Å². The number of ether oxygens (including phenoxy) is 1. The predicted octanol–water partition coefficient (Wildman–Crippen LogP) is 2.17. The molecule has 0 N–H and O–H groups in total. The number of methoxy groups -OCH3 is 1. The summed E-state index contributed by atoms with van der Waals surface area (Å²) in [7, 11) is 4.39. The molecule has 2 rings (SSSR count). The van der Waals surface area contributed by atoms with Crippen molar-refractivity contribution in [3.63, 3.8) is 0 Å².